The minimum absolute atomic E-state index is 0.0405. The molecule has 1 N–H and O–H groups in total. The Morgan fingerprint density at radius 1 is 0.957 bits per heavy atom. The van der Waals surface area contributed by atoms with Crippen molar-refractivity contribution in [2.24, 2.45) is 0 Å². The van der Waals surface area contributed by atoms with Gasteiger partial charge in [-0.2, -0.15) is 0 Å². The number of carbonyl (C=O) groups excluding carboxylic acids is 1. The summed E-state index contributed by atoms with van der Waals surface area (Å²) in [5, 5.41) is 3.57. The Labute approximate surface area is 137 Å². The van der Waals surface area contributed by atoms with Crippen molar-refractivity contribution >= 4 is 11.7 Å². The Kier molecular flexibility index (Phi) is 4.96. The van der Waals surface area contributed by atoms with Gasteiger partial charge in [0, 0.05) is 11.7 Å². The number of hydrogen-bond donors (Lipinski definition) is 1. The van der Waals surface area contributed by atoms with Gasteiger partial charge in [0.2, 0.25) is 0 Å². The Morgan fingerprint density at radius 2 is 1.61 bits per heavy atom. The van der Waals surface area contributed by atoms with E-state index in [1.807, 2.05) is 18.2 Å². The van der Waals surface area contributed by atoms with Crippen LogP contribution in [0.1, 0.15) is 41.6 Å². The van der Waals surface area contributed by atoms with Gasteiger partial charge in [-0.3, -0.25) is 0 Å². The minimum Gasteiger partial charge on any atom is -0.459 e. The first kappa shape index (κ1) is 15.6. The van der Waals surface area contributed by atoms with Crippen molar-refractivity contribution in [2.45, 2.75) is 44.8 Å². The van der Waals surface area contributed by atoms with Crippen LogP contribution in [0, 0.1) is 6.92 Å². The lowest BCUT2D eigenvalue weighted by Gasteiger charge is -2.29. The van der Waals surface area contributed by atoms with Crippen LogP contribution in [-0.2, 0) is 4.74 Å². The number of anilines is 1. The lowest BCUT2D eigenvalue weighted by molar-refractivity contribution is 0.0202. The molecule has 1 aliphatic rings. The SMILES string of the molecule is Cc1ccc(N[C@H]2CC[C@H](OC(=O)c3ccccc3)CC2)cc1. The lowest BCUT2D eigenvalue weighted by Crippen LogP contribution is -2.31. The second-order valence-corrected chi connectivity index (χ2v) is 6.26. The standard InChI is InChI=1S/C20H23NO2/c1-15-7-9-17(10-8-15)21-18-11-13-19(14-12-18)23-20(22)16-5-3-2-4-6-16/h2-10,18-19,21H,11-14H2,1H3/t18-,19-. The van der Waals surface area contributed by atoms with E-state index < -0.39 is 0 Å². The molecule has 3 heteroatoms. The number of nitrogens with one attached hydrogen (secondary N) is 1. The van der Waals surface area contributed by atoms with Gasteiger partial charge in [0.15, 0.2) is 0 Å². The van der Waals surface area contributed by atoms with Gasteiger partial charge >= 0.3 is 5.97 Å². The molecule has 1 fully saturated rings. The molecule has 0 atom stereocenters. The molecule has 1 saturated carbocycles. The number of benzene rings is 2. The number of rotatable bonds is 4. The second kappa shape index (κ2) is 7.32. The molecule has 0 aromatic heterocycles. The summed E-state index contributed by atoms with van der Waals surface area (Å²) in [5.74, 6) is -0.208. The van der Waals surface area contributed by atoms with Crippen LogP contribution in [-0.4, -0.2) is 18.1 Å². The summed E-state index contributed by atoms with van der Waals surface area (Å²) in [4.78, 5) is 12.1. The van der Waals surface area contributed by atoms with Crippen molar-refractivity contribution in [2.75, 3.05) is 5.32 Å². The first-order chi connectivity index (χ1) is 11.2. The van der Waals surface area contributed by atoms with Crippen LogP contribution in [0.2, 0.25) is 0 Å². The predicted octanol–water partition coefficient (Wildman–Crippen LogP) is 4.58. The Hall–Kier alpha value is -2.29. The molecule has 2 aromatic rings. The number of ether oxygens (including phenoxy) is 1. The fraction of sp³-hybridized carbons (Fsp3) is 0.350. The first-order valence-corrected chi connectivity index (χ1v) is 8.30. The Morgan fingerprint density at radius 3 is 2.26 bits per heavy atom. The summed E-state index contributed by atoms with van der Waals surface area (Å²) in [6, 6.07) is 18.2. The van der Waals surface area contributed by atoms with E-state index in [0.29, 0.717) is 11.6 Å². The highest BCUT2D eigenvalue weighted by molar-refractivity contribution is 5.89. The third-order valence-corrected chi connectivity index (χ3v) is 4.38. The van der Waals surface area contributed by atoms with E-state index >= 15 is 0 Å². The van der Waals surface area contributed by atoms with E-state index in [2.05, 4.69) is 36.5 Å². The highest BCUT2D eigenvalue weighted by Crippen LogP contribution is 2.25. The average molecular weight is 309 g/mol. The lowest BCUT2D eigenvalue weighted by atomic mass is 9.92. The van der Waals surface area contributed by atoms with Crippen LogP contribution in [0.4, 0.5) is 5.69 Å². The van der Waals surface area contributed by atoms with E-state index in [-0.39, 0.29) is 12.1 Å². The zero-order valence-electron chi connectivity index (χ0n) is 13.5. The molecule has 0 bridgehead atoms. The van der Waals surface area contributed by atoms with Crippen molar-refractivity contribution in [1.82, 2.24) is 0 Å². The van der Waals surface area contributed by atoms with Crippen LogP contribution >= 0.6 is 0 Å². The molecule has 0 amide bonds. The molecule has 2 aromatic carbocycles. The molecular weight excluding hydrogens is 286 g/mol. The summed E-state index contributed by atoms with van der Waals surface area (Å²) in [6.45, 7) is 2.09. The van der Waals surface area contributed by atoms with Gasteiger partial charge in [-0.1, -0.05) is 35.9 Å². The molecule has 1 aliphatic carbocycles. The molecule has 0 aliphatic heterocycles. The van der Waals surface area contributed by atoms with Crippen LogP contribution in [0.3, 0.4) is 0 Å². The molecule has 3 nitrogen and oxygen atoms in total. The molecule has 0 saturated heterocycles. The third kappa shape index (κ3) is 4.35. The molecule has 0 radical (unpaired) electrons. The molecule has 23 heavy (non-hydrogen) atoms. The minimum atomic E-state index is -0.208. The predicted molar refractivity (Wildman–Crippen MR) is 92.7 cm³/mol. The van der Waals surface area contributed by atoms with Gasteiger partial charge in [-0.05, 0) is 56.9 Å². The van der Waals surface area contributed by atoms with E-state index in [9.17, 15) is 4.79 Å². The molecule has 0 unspecified atom stereocenters. The number of carbonyl (C=O) groups is 1. The van der Waals surface area contributed by atoms with Gasteiger partial charge in [-0.15, -0.1) is 0 Å². The second-order valence-electron chi connectivity index (χ2n) is 6.26. The molecule has 120 valence electrons. The fourth-order valence-electron chi connectivity index (χ4n) is 3.00. The average Bonchev–Trinajstić information content (AvgIpc) is 2.59. The maximum Gasteiger partial charge on any atom is 0.338 e. The maximum atomic E-state index is 12.1. The van der Waals surface area contributed by atoms with E-state index in [1.165, 1.54) is 11.3 Å². The summed E-state index contributed by atoms with van der Waals surface area (Å²) in [6.07, 6.45) is 3.93. The van der Waals surface area contributed by atoms with E-state index in [0.717, 1.165) is 25.7 Å². The monoisotopic (exact) mass is 309 g/mol. The van der Waals surface area contributed by atoms with Gasteiger partial charge in [0.05, 0.1) is 5.56 Å². The van der Waals surface area contributed by atoms with Crippen LogP contribution in [0.25, 0.3) is 0 Å². The van der Waals surface area contributed by atoms with Crippen LogP contribution < -0.4 is 5.32 Å². The van der Waals surface area contributed by atoms with Crippen molar-refractivity contribution in [1.29, 1.82) is 0 Å². The smallest absolute Gasteiger partial charge is 0.338 e. The van der Waals surface area contributed by atoms with Gasteiger partial charge in [-0.25, -0.2) is 4.79 Å². The van der Waals surface area contributed by atoms with Crippen LogP contribution in [0.5, 0.6) is 0 Å². The Bertz CT molecular complexity index is 628. The fourth-order valence-corrected chi connectivity index (χ4v) is 3.00. The highest BCUT2D eigenvalue weighted by atomic mass is 16.5. The summed E-state index contributed by atoms with van der Waals surface area (Å²) >= 11 is 0. The largest absolute Gasteiger partial charge is 0.459 e. The summed E-state index contributed by atoms with van der Waals surface area (Å²) < 4.78 is 5.62. The third-order valence-electron chi connectivity index (χ3n) is 4.38. The van der Waals surface area contributed by atoms with Crippen molar-refractivity contribution in [3.63, 3.8) is 0 Å². The number of hydrogen-bond acceptors (Lipinski definition) is 3. The van der Waals surface area contributed by atoms with Gasteiger partial charge < -0.3 is 10.1 Å². The number of esters is 1. The van der Waals surface area contributed by atoms with Gasteiger partial charge in [0.1, 0.15) is 6.10 Å². The molecule has 0 heterocycles. The molecule has 0 spiro atoms. The first-order valence-electron chi connectivity index (χ1n) is 8.30. The van der Waals surface area contributed by atoms with Crippen molar-refractivity contribution in [3.8, 4) is 0 Å². The maximum absolute atomic E-state index is 12.1. The van der Waals surface area contributed by atoms with Gasteiger partial charge in [0.25, 0.3) is 0 Å². The quantitative estimate of drug-likeness (QED) is 0.840. The molecular formula is C20H23NO2. The van der Waals surface area contributed by atoms with E-state index in [1.54, 1.807) is 12.1 Å². The highest BCUT2D eigenvalue weighted by Gasteiger charge is 2.24. The van der Waals surface area contributed by atoms with Crippen molar-refractivity contribution < 1.29 is 9.53 Å². The normalized spacial score (nSPS) is 20.7. The van der Waals surface area contributed by atoms with E-state index in [4.69, 9.17) is 4.74 Å². The summed E-state index contributed by atoms with van der Waals surface area (Å²) in [5.41, 5.74) is 3.07. The van der Waals surface area contributed by atoms with Crippen molar-refractivity contribution in [3.05, 3.63) is 65.7 Å². The zero-order valence-corrected chi connectivity index (χ0v) is 13.5. The number of aryl methyl sites for hydroxylation is 1. The Balaban J connectivity index is 1.47. The summed E-state index contributed by atoms with van der Waals surface area (Å²) in [7, 11) is 0. The van der Waals surface area contributed by atoms with Crippen LogP contribution in [0.15, 0.2) is 54.6 Å². The topological polar surface area (TPSA) is 38.3 Å². The zero-order chi connectivity index (χ0) is 16.1. The molecule has 3 rings (SSSR count).